The molecular weight excluding hydrogens is 230 g/mol. The lowest BCUT2D eigenvalue weighted by Gasteiger charge is -2.38. The van der Waals surface area contributed by atoms with Gasteiger partial charge in [-0.15, -0.1) is 0 Å². The van der Waals surface area contributed by atoms with E-state index in [9.17, 15) is 0 Å². The largest absolute Gasteiger partial charge is 0.311 e. The van der Waals surface area contributed by atoms with Crippen LogP contribution in [0.3, 0.4) is 0 Å². The van der Waals surface area contributed by atoms with Gasteiger partial charge in [-0.3, -0.25) is 0 Å². The van der Waals surface area contributed by atoms with Crippen molar-refractivity contribution in [2.45, 2.75) is 65.3 Å². The summed E-state index contributed by atoms with van der Waals surface area (Å²) in [4.78, 5) is 0. The van der Waals surface area contributed by atoms with Crippen LogP contribution in [0.1, 0.15) is 59.9 Å². The van der Waals surface area contributed by atoms with Crippen molar-refractivity contribution in [3.8, 4) is 0 Å². The van der Waals surface area contributed by atoms with Gasteiger partial charge >= 0.3 is 0 Å². The molecule has 0 saturated carbocycles. The lowest BCUT2D eigenvalue weighted by atomic mass is 9.72. The van der Waals surface area contributed by atoms with Crippen molar-refractivity contribution in [3.63, 3.8) is 0 Å². The highest BCUT2D eigenvalue weighted by Crippen LogP contribution is 2.34. The van der Waals surface area contributed by atoms with Gasteiger partial charge in [-0.1, -0.05) is 51.1 Å². The third-order valence-corrected chi connectivity index (χ3v) is 3.82. The number of hydrogen-bond donors (Lipinski definition) is 1. The van der Waals surface area contributed by atoms with E-state index < -0.39 is 0 Å². The molecule has 108 valence electrons. The Labute approximate surface area is 119 Å². The van der Waals surface area contributed by atoms with Crippen molar-refractivity contribution >= 4 is 0 Å². The molecule has 1 aromatic carbocycles. The first kappa shape index (κ1) is 16.2. The zero-order chi connectivity index (χ0) is 14.5. The predicted octanol–water partition coefficient (Wildman–Crippen LogP) is 4.77. The molecule has 0 radical (unpaired) electrons. The Morgan fingerprint density at radius 1 is 1.05 bits per heavy atom. The first-order valence-corrected chi connectivity index (χ1v) is 7.59. The highest BCUT2D eigenvalue weighted by Gasteiger charge is 2.32. The molecule has 0 aliphatic carbocycles. The molecule has 1 heteroatoms. The second-order valence-electron chi connectivity index (χ2n) is 7.20. The molecule has 1 atom stereocenters. The summed E-state index contributed by atoms with van der Waals surface area (Å²) in [5.41, 5.74) is 1.90. The molecule has 0 aliphatic heterocycles. The fourth-order valence-corrected chi connectivity index (χ4v) is 2.77. The van der Waals surface area contributed by atoms with Crippen LogP contribution in [-0.4, -0.2) is 12.1 Å². The Morgan fingerprint density at radius 2 is 1.63 bits per heavy atom. The van der Waals surface area contributed by atoms with Crippen LogP contribution in [0.4, 0.5) is 0 Å². The van der Waals surface area contributed by atoms with Crippen LogP contribution in [0.25, 0.3) is 0 Å². The Kier molecular flexibility index (Phi) is 5.61. The maximum Gasteiger partial charge on any atom is 0.00968 e. The van der Waals surface area contributed by atoms with Crippen LogP contribution in [0, 0.1) is 5.92 Å². The summed E-state index contributed by atoms with van der Waals surface area (Å²) >= 11 is 0. The van der Waals surface area contributed by atoms with Crippen LogP contribution >= 0.6 is 0 Å². The van der Waals surface area contributed by atoms with Crippen molar-refractivity contribution < 1.29 is 0 Å². The fourth-order valence-electron chi connectivity index (χ4n) is 2.77. The maximum absolute atomic E-state index is 3.72. The molecule has 0 spiro atoms. The van der Waals surface area contributed by atoms with Crippen molar-refractivity contribution in [2.75, 3.05) is 6.54 Å². The monoisotopic (exact) mass is 261 g/mol. The van der Waals surface area contributed by atoms with E-state index in [2.05, 4.69) is 77.2 Å². The zero-order valence-corrected chi connectivity index (χ0v) is 13.6. The van der Waals surface area contributed by atoms with E-state index >= 15 is 0 Å². The normalized spacial score (nSPS) is 15.5. The van der Waals surface area contributed by atoms with Crippen LogP contribution in [0.2, 0.25) is 0 Å². The summed E-state index contributed by atoms with van der Waals surface area (Å²) in [6, 6.07) is 11.0. The van der Waals surface area contributed by atoms with Gasteiger partial charge in [-0.05, 0) is 45.1 Å². The molecule has 19 heavy (non-hydrogen) atoms. The van der Waals surface area contributed by atoms with Gasteiger partial charge < -0.3 is 5.32 Å². The van der Waals surface area contributed by atoms with Crippen molar-refractivity contribution in [3.05, 3.63) is 35.9 Å². The Balaban J connectivity index is 3.01. The second-order valence-corrected chi connectivity index (χ2v) is 7.20. The van der Waals surface area contributed by atoms with Crippen LogP contribution in [-0.2, 0) is 5.41 Å². The summed E-state index contributed by atoms with van der Waals surface area (Å²) in [6.45, 7) is 14.7. The molecule has 1 rings (SSSR count). The molecule has 0 aromatic heterocycles. The Bertz CT molecular complexity index is 361. The Hall–Kier alpha value is -0.820. The van der Waals surface area contributed by atoms with Gasteiger partial charge in [0.2, 0.25) is 0 Å². The highest BCUT2D eigenvalue weighted by atomic mass is 15.0. The van der Waals surface area contributed by atoms with Crippen molar-refractivity contribution in [2.24, 2.45) is 5.92 Å². The summed E-state index contributed by atoms with van der Waals surface area (Å²) in [5, 5.41) is 3.72. The third kappa shape index (κ3) is 4.99. The van der Waals surface area contributed by atoms with Crippen LogP contribution in [0.5, 0.6) is 0 Å². The van der Waals surface area contributed by atoms with Gasteiger partial charge in [0, 0.05) is 17.5 Å². The molecule has 0 amide bonds. The van der Waals surface area contributed by atoms with Gasteiger partial charge in [-0.2, -0.15) is 0 Å². The summed E-state index contributed by atoms with van der Waals surface area (Å²) in [6.07, 6.45) is 2.41. The average molecular weight is 261 g/mol. The minimum atomic E-state index is 0.173. The van der Waals surface area contributed by atoms with Crippen molar-refractivity contribution in [1.82, 2.24) is 5.32 Å². The smallest absolute Gasteiger partial charge is 0.00968 e. The molecule has 0 aliphatic rings. The maximum atomic E-state index is 3.72. The minimum absolute atomic E-state index is 0.173. The molecule has 0 fully saturated rings. The molecule has 0 saturated heterocycles. The Morgan fingerprint density at radius 3 is 2.05 bits per heavy atom. The van der Waals surface area contributed by atoms with E-state index in [1.165, 1.54) is 18.4 Å². The SMILES string of the molecule is CCC(CNC(C)(C)C)(CC(C)C)c1ccccc1. The predicted molar refractivity (Wildman–Crippen MR) is 85.6 cm³/mol. The van der Waals surface area contributed by atoms with Gasteiger partial charge in [0.25, 0.3) is 0 Å². The van der Waals surface area contributed by atoms with E-state index in [0.29, 0.717) is 5.92 Å². The number of benzene rings is 1. The van der Waals surface area contributed by atoms with Gasteiger partial charge in [-0.25, -0.2) is 0 Å². The van der Waals surface area contributed by atoms with E-state index in [-0.39, 0.29) is 11.0 Å². The third-order valence-electron chi connectivity index (χ3n) is 3.82. The van der Waals surface area contributed by atoms with Crippen molar-refractivity contribution in [1.29, 1.82) is 0 Å². The molecule has 0 bridgehead atoms. The van der Waals surface area contributed by atoms with Gasteiger partial charge in [0.05, 0.1) is 0 Å². The zero-order valence-electron chi connectivity index (χ0n) is 13.6. The molecule has 1 nitrogen and oxygen atoms in total. The lowest BCUT2D eigenvalue weighted by molar-refractivity contribution is 0.277. The quantitative estimate of drug-likeness (QED) is 0.778. The minimum Gasteiger partial charge on any atom is -0.311 e. The molecule has 1 unspecified atom stereocenters. The molecule has 1 N–H and O–H groups in total. The molecule has 1 aromatic rings. The van der Waals surface area contributed by atoms with E-state index in [1.54, 1.807) is 0 Å². The summed E-state index contributed by atoms with van der Waals surface area (Å²) in [5.74, 6) is 0.710. The molecule has 0 heterocycles. The topological polar surface area (TPSA) is 12.0 Å². The standard InChI is InChI=1S/C18H31N/c1-7-18(13-15(2)3,14-19-17(4,5)6)16-11-9-8-10-12-16/h8-12,15,19H,7,13-14H2,1-6H3. The lowest BCUT2D eigenvalue weighted by Crippen LogP contribution is -2.46. The van der Waals surface area contributed by atoms with E-state index in [4.69, 9.17) is 0 Å². The van der Waals surface area contributed by atoms with Gasteiger partial charge in [0.15, 0.2) is 0 Å². The first-order valence-electron chi connectivity index (χ1n) is 7.59. The fraction of sp³-hybridized carbons (Fsp3) is 0.667. The van der Waals surface area contributed by atoms with E-state index in [1.807, 2.05) is 0 Å². The van der Waals surface area contributed by atoms with Crippen LogP contribution in [0.15, 0.2) is 30.3 Å². The van der Waals surface area contributed by atoms with E-state index in [0.717, 1.165) is 6.54 Å². The summed E-state index contributed by atoms with van der Waals surface area (Å²) in [7, 11) is 0. The molecular formula is C18H31N. The number of nitrogens with one attached hydrogen (secondary N) is 1. The second kappa shape index (κ2) is 6.56. The average Bonchev–Trinajstić information content (AvgIpc) is 2.34. The summed E-state index contributed by atoms with van der Waals surface area (Å²) < 4.78 is 0. The first-order chi connectivity index (χ1) is 8.79. The van der Waals surface area contributed by atoms with Crippen LogP contribution < -0.4 is 5.32 Å². The number of rotatable bonds is 6. The van der Waals surface area contributed by atoms with Gasteiger partial charge in [0.1, 0.15) is 0 Å². The number of hydrogen-bond acceptors (Lipinski definition) is 1. The highest BCUT2D eigenvalue weighted by molar-refractivity contribution is 5.26.